The number of carbonyl (C=O) groups excluding carboxylic acids is 2. The van der Waals surface area contributed by atoms with Gasteiger partial charge in [-0.25, -0.2) is 10.2 Å². The van der Waals surface area contributed by atoms with Gasteiger partial charge in [0.1, 0.15) is 5.75 Å². The molecular weight excluding hydrogens is 375 g/mol. The van der Waals surface area contributed by atoms with Crippen molar-refractivity contribution in [2.75, 3.05) is 11.9 Å². The summed E-state index contributed by atoms with van der Waals surface area (Å²) in [4.78, 5) is 23.4. The average Bonchev–Trinajstić information content (AvgIpc) is 2.64. The number of alkyl halides is 3. The molecule has 3 amide bonds. The minimum atomic E-state index is -4.52. The molecule has 28 heavy (non-hydrogen) atoms. The zero-order chi connectivity index (χ0) is 20.7. The molecule has 0 fully saturated rings. The Kier molecular flexibility index (Phi) is 6.86. The van der Waals surface area contributed by atoms with E-state index in [1.54, 1.807) is 12.1 Å². The van der Waals surface area contributed by atoms with E-state index in [1.807, 2.05) is 17.6 Å². The summed E-state index contributed by atoms with van der Waals surface area (Å²) in [7, 11) is 0. The van der Waals surface area contributed by atoms with Gasteiger partial charge in [0.05, 0.1) is 5.56 Å². The topological polar surface area (TPSA) is 79.5 Å². The molecule has 0 heterocycles. The van der Waals surface area contributed by atoms with Gasteiger partial charge >= 0.3 is 12.2 Å². The summed E-state index contributed by atoms with van der Waals surface area (Å²) in [5.41, 5.74) is 4.30. The first-order chi connectivity index (χ1) is 13.1. The van der Waals surface area contributed by atoms with Crippen molar-refractivity contribution < 1.29 is 27.5 Å². The maximum Gasteiger partial charge on any atom is 0.416 e. The second-order valence-electron chi connectivity index (χ2n) is 6.22. The molecule has 6 nitrogen and oxygen atoms in total. The molecule has 150 valence electrons. The fourth-order valence-corrected chi connectivity index (χ4v) is 2.20. The van der Waals surface area contributed by atoms with Gasteiger partial charge in [0.2, 0.25) is 0 Å². The van der Waals surface area contributed by atoms with Crippen molar-refractivity contribution >= 4 is 17.6 Å². The Bertz CT molecular complexity index is 821. The Hall–Kier alpha value is -3.23. The van der Waals surface area contributed by atoms with Gasteiger partial charge in [0.25, 0.3) is 5.91 Å². The normalized spacial score (nSPS) is 11.1. The lowest BCUT2D eigenvalue weighted by molar-refractivity contribution is -0.137. The third-order valence-electron chi connectivity index (χ3n) is 3.68. The van der Waals surface area contributed by atoms with Gasteiger partial charge in [-0.2, -0.15) is 13.2 Å². The van der Waals surface area contributed by atoms with E-state index in [1.165, 1.54) is 6.07 Å². The second kappa shape index (κ2) is 9.12. The third-order valence-corrected chi connectivity index (χ3v) is 3.68. The van der Waals surface area contributed by atoms with E-state index in [0.717, 1.165) is 23.8 Å². The van der Waals surface area contributed by atoms with Crippen LogP contribution >= 0.6 is 0 Å². The van der Waals surface area contributed by atoms with Crippen molar-refractivity contribution in [2.45, 2.75) is 25.9 Å². The highest BCUT2D eigenvalue weighted by atomic mass is 19.4. The number of nitrogens with one attached hydrogen (secondary N) is 3. The summed E-state index contributed by atoms with van der Waals surface area (Å²) < 4.78 is 43.2. The number of hydrogen-bond acceptors (Lipinski definition) is 3. The maximum absolute atomic E-state index is 12.6. The summed E-state index contributed by atoms with van der Waals surface area (Å²) in [6, 6.07) is 10.5. The number of hydrogen-bond donors (Lipinski definition) is 3. The number of hydrazine groups is 1. The van der Waals surface area contributed by atoms with Crippen molar-refractivity contribution in [3.63, 3.8) is 0 Å². The molecule has 0 bridgehead atoms. The van der Waals surface area contributed by atoms with E-state index in [2.05, 4.69) is 24.6 Å². The van der Waals surface area contributed by atoms with Crippen LogP contribution in [-0.2, 0) is 11.0 Å². The second-order valence-corrected chi connectivity index (χ2v) is 6.22. The number of halogens is 3. The van der Waals surface area contributed by atoms with Crippen molar-refractivity contribution in [1.82, 2.24) is 10.9 Å². The lowest BCUT2D eigenvalue weighted by Gasteiger charge is -2.12. The Morgan fingerprint density at radius 3 is 2.32 bits per heavy atom. The van der Waals surface area contributed by atoms with E-state index >= 15 is 0 Å². The van der Waals surface area contributed by atoms with Gasteiger partial charge in [0, 0.05) is 5.69 Å². The standard InChI is InChI=1S/C19H20F3N3O3/c1-12(2)13-6-8-16(9-7-13)28-11-17(26)24-25-18(27)23-15-5-3-4-14(10-15)19(20,21)22/h3-10,12H,11H2,1-2H3,(H,24,26)(H2,23,25,27). The van der Waals surface area contributed by atoms with Crippen LogP contribution in [0.1, 0.15) is 30.9 Å². The Labute approximate surface area is 160 Å². The first kappa shape index (κ1) is 21.1. The van der Waals surface area contributed by atoms with Crippen molar-refractivity contribution in [3.05, 3.63) is 59.7 Å². The monoisotopic (exact) mass is 395 g/mol. The third kappa shape index (κ3) is 6.49. The minimum absolute atomic E-state index is 0.0666. The average molecular weight is 395 g/mol. The number of ether oxygens (including phenoxy) is 1. The van der Waals surface area contributed by atoms with Gasteiger partial charge in [-0.15, -0.1) is 0 Å². The van der Waals surface area contributed by atoms with Crippen molar-refractivity contribution in [2.24, 2.45) is 0 Å². The Morgan fingerprint density at radius 2 is 1.71 bits per heavy atom. The van der Waals surface area contributed by atoms with E-state index in [4.69, 9.17) is 4.74 Å². The molecule has 9 heteroatoms. The quantitative estimate of drug-likeness (QED) is 0.668. The van der Waals surface area contributed by atoms with E-state index in [0.29, 0.717) is 11.7 Å². The fraction of sp³-hybridized carbons (Fsp3) is 0.263. The SMILES string of the molecule is CC(C)c1ccc(OCC(=O)NNC(=O)Nc2cccc(C(F)(F)F)c2)cc1. The van der Waals surface area contributed by atoms with E-state index in [9.17, 15) is 22.8 Å². The summed E-state index contributed by atoms with van der Waals surface area (Å²) in [5.74, 6) is 0.233. The summed E-state index contributed by atoms with van der Waals surface area (Å²) >= 11 is 0. The molecule has 3 N–H and O–H groups in total. The molecular formula is C19H20F3N3O3. The van der Waals surface area contributed by atoms with Crippen LogP contribution < -0.4 is 20.9 Å². The predicted octanol–water partition coefficient (Wildman–Crippen LogP) is 4.06. The minimum Gasteiger partial charge on any atom is -0.484 e. The molecule has 0 unspecified atom stereocenters. The predicted molar refractivity (Wildman–Crippen MR) is 97.8 cm³/mol. The lowest BCUT2D eigenvalue weighted by atomic mass is 10.0. The molecule has 0 atom stereocenters. The summed E-state index contributed by atoms with van der Waals surface area (Å²) in [6.07, 6.45) is -4.52. The van der Waals surface area contributed by atoms with E-state index in [-0.39, 0.29) is 12.3 Å². The highest BCUT2D eigenvalue weighted by Gasteiger charge is 2.30. The number of amides is 3. The number of carbonyl (C=O) groups is 2. The molecule has 0 aromatic heterocycles. The number of urea groups is 1. The van der Waals surface area contributed by atoms with Crippen LogP contribution in [-0.4, -0.2) is 18.5 Å². The van der Waals surface area contributed by atoms with Crippen LogP contribution in [0.3, 0.4) is 0 Å². The molecule has 0 saturated carbocycles. The molecule has 0 radical (unpaired) electrons. The van der Waals surface area contributed by atoms with Crippen LogP contribution in [0.25, 0.3) is 0 Å². The van der Waals surface area contributed by atoms with Crippen molar-refractivity contribution in [1.29, 1.82) is 0 Å². The summed E-state index contributed by atoms with van der Waals surface area (Å²) in [5, 5.41) is 2.19. The summed E-state index contributed by atoms with van der Waals surface area (Å²) in [6.45, 7) is 3.77. The van der Waals surface area contributed by atoms with Crippen molar-refractivity contribution in [3.8, 4) is 5.75 Å². The maximum atomic E-state index is 12.6. The molecule has 0 aliphatic heterocycles. The highest BCUT2D eigenvalue weighted by Crippen LogP contribution is 2.30. The molecule has 0 saturated heterocycles. The first-order valence-corrected chi connectivity index (χ1v) is 8.41. The van der Waals surface area contributed by atoms with Gasteiger partial charge in [-0.1, -0.05) is 32.0 Å². The number of benzene rings is 2. The molecule has 2 rings (SSSR count). The van der Waals surface area contributed by atoms with Gasteiger partial charge in [-0.3, -0.25) is 10.2 Å². The molecule has 0 spiro atoms. The van der Waals surface area contributed by atoms with E-state index < -0.39 is 23.7 Å². The number of rotatable bonds is 5. The van der Waals surface area contributed by atoms with Crippen LogP contribution in [0.5, 0.6) is 5.75 Å². The van der Waals surface area contributed by atoms with Gasteiger partial charge in [-0.05, 0) is 41.8 Å². The van der Waals surface area contributed by atoms with Crippen LogP contribution in [0.4, 0.5) is 23.7 Å². The fourth-order valence-electron chi connectivity index (χ4n) is 2.20. The zero-order valence-electron chi connectivity index (χ0n) is 15.3. The van der Waals surface area contributed by atoms with Crippen LogP contribution in [0.15, 0.2) is 48.5 Å². The van der Waals surface area contributed by atoms with Crippen LogP contribution in [0, 0.1) is 0 Å². The molecule has 2 aromatic rings. The lowest BCUT2D eigenvalue weighted by Crippen LogP contribution is -2.45. The Balaban J connectivity index is 1.77. The first-order valence-electron chi connectivity index (χ1n) is 8.41. The number of anilines is 1. The highest BCUT2D eigenvalue weighted by molar-refractivity contribution is 5.91. The molecule has 0 aliphatic carbocycles. The molecule has 2 aromatic carbocycles. The largest absolute Gasteiger partial charge is 0.484 e. The smallest absolute Gasteiger partial charge is 0.416 e. The van der Waals surface area contributed by atoms with Crippen LogP contribution in [0.2, 0.25) is 0 Å². The Morgan fingerprint density at radius 1 is 1.04 bits per heavy atom. The zero-order valence-corrected chi connectivity index (χ0v) is 15.3. The molecule has 0 aliphatic rings. The van der Waals surface area contributed by atoms with Gasteiger partial charge in [0.15, 0.2) is 6.61 Å². The van der Waals surface area contributed by atoms with Gasteiger partial charge < -0.3 is 10.1 Å².